The van der Waals surface area contributed by atoms with Crippen molar-refractivity contribution >= 4 is 15.7 Å². The lowest BCUT2D eigenvalue weighted by Gasteiger charge is -2.08. The molecule has 1 saturated heterocycles. The summed E-state index contributed by atoms with van der Waals surface area (Å²) >= 11 is 0. The van der Waals surface area contributed by atoms with E-state index in [0.717, 1.165) is 6.42 Å². The van der Waals surface area contributed by atoms with Crippen LogP contribution in [0.5, 0.6) is 5.75 Å². The van der Waals surface area contributed by atoms with Gasteiger partial charge in [0, 0.05) is 12.8 Å². The third-order valence-electron chi connectivity index (χ3n) is 3.52. The fraction of sp³-hybridized carbons (Fsp3) is 0.400. The first-order valence-electron chi connectivity index (χ1n) is 7.43. The van der Waals surface area contributed by atoms with Gasteiger partial charge < -0.3 is 9.47 Å². The molecule has 124 valence electrons. The van der Waals surface area contributed by atoms with Crippen molar-refractivity contribution in [3.05, 3.63) is 42.7 Å². The predicted octanol–water partition coefficient (Wildman–Crippen LogP) is 1.67. The van der Waals surface area contributed by atoms with E-state index in [4.69, 9.17) is 9.47 Å². The molecule has 1 N–H and O–H groups in total. The third-order valence-corrected chi connectivity index (χ3v) is 4.77. The Bertz CT molecular complexity index is 724. The molecule has 1 aromatic carbocycles. The van der Waals surface area contributed by atoms with Crippen molar-refractivity contribution in [3.8, 4) is 5.75 Å². The van der Waals surface area contributed by atoms with Crippen molar-refractivity contribution in [3.63, 3.8) is 0 Å². The highest BCUT2D eigenvalue weighted by atomic mass is 32.2. The summed E-state index contributed by atoms with van der Waals surface area (Å²) in [6, 6.07) is 9.29. The van der Waals surface area contributed by atoms with Crippen LogP contribution >= 0.6 is 0 Å². The van der Waals surface area contributed by atoms with Crippen LogP contribution in [0.1, 0.15) is 12.5 Å². The first-order valence-corrected chi connectivity index (χ1v) is 9.08. The van der Waals surface area contributed by atoms with Crippen molar-refractivity contribution in [2.24, 2.45) is 0 Å². The van der Waals surface area contributed by atoms with Gasteiger partial charge in [0.25, 0.3) is 0 Å². The maximum absolute atomic E-state index is 12.1. The highest BCUT2D eigenvalue weighted by molar-refractivity contribution is 7.92. The molecular formula is C15H19N3O4S. The zero-order valence-corrected chi connectivity index (χ0v) is 13.4. The average Bonchev–Trinajstić information content (AvgIpc) is 3.18. The number of nitrogens with one attached hydrogen (secondary N) is 1. The minimum atomic E-state index is -3.47. The van der Waals surface area contributed by atoms with E-state index in [-0.39, 0.29) is 18.4 Å². The number of nitrogens with zero attached hydrogens (tertiary/aromatic N) is 2. The van der Waals surface area contributed by atoms with Crippen LogP contribution in [0.3, 0.4) is 0 Å². The van der Waals surface area contributed by atoms with E-state index < -0.39 is 10.0 Å². The molecule has 1 aliphatic rings. The second-order valence-electron chi connectivity index (χ2n) is 5.31. The molecule has 2 aromatic rings. The van der Waals surface area contributed by atoms with E-state index in [1.54, 1.807) is 23.0 Å². The number of rotatable bonds is 7. The highest BCUT2D eigenvalue weighted by Gasteiger charge is 2.19. The molecule has 0 amide bonds. The van der Waals surface area contributed by atoms with E-state index in [1.165, 1.54) is 6.20 Å². The van der Waals surface area contributed by atoms with Crippen molar-refractivity contribution in [1.82, 2.24) is 9.78 Å². The maximum atomic E-state index is 12.1. The van der Waals surface area contributed by atoms with E-state index in [0.29, 0.717) is 24.7 Å². The highest BCUT2D eigenvalue weighted by Crippen LogP contribution is 2.20. The maximum Gasteiger partial charge on any atom is 0.236 e. The number of hydrogen-bond donors (Lipinski definition) is 1. The van der Waals surface area contributed by atoms with Gasteiger partial charge >= 0.3 is 0 Å². The van der Waals surface area contributed by atoms with Crippen LogP contribution in [-0.4, -0.2) is 43.8 Å². The molecule has 0 spiro atoms. The normalized spacial score (nSPS) is 18.0. The summed E-state index contributed by atoms with van der Waals surface area (Å²) in [6.45, 7) is 1.41. The van der Waals surface area contributed by atoms with Gasteiger partial charge in [-0.15, -0.1) is 0 Å². The SMILES string of the molecule is O=S(=O)(CCOc1ccccc1)Nc1cnn(C2CCOC2)c1. The van der Waals surface area contributed by atoms with Crippen LogP contribution in [0.15, 0.2) is 42.7 Å². The summed E-state index contributed by atoms with van der Waals surface area (Å²) in [7, 11) is -3.47. The summed E-state index contributed by atoms with van der Waals surface area (Å²) < 4.78 is 39.1. The molecule has 0 bridgehead atoms. The van der Waals surface area contributed by atoms with Crippen LogP contribution in [0.2, 0.25) is 0 Å². The summed E-state index contributed by atoms with van der Waals surface area (Å²) in [5, 5.41) is 4.19. The van der Waals surface area contributed by atoms with Gasteiger partial charge in [-0.25, -0.2) is 8.42 Å². The molecule has 1 unspecified atom stereocenters. The van der Waals surface area contributed by atoms with E-state index in [2.05, 4.69) is 9.82 Å². The number of benzene rings is 1. The largest absolute Gasteiger partial charge is 0.492 e. The minimum absolute atomic E-state index is 0.0873. The Kier molecular flexibility index (Phi) is 4.82. The third kappa shape index (κ3) is 4.46. The topological polar surface area (TPSA) is 82.5 Å². The zero-order valence-electron chi connectivity index (χ0n) is 12.6. The smallest absolute Gasteiger partial charge is 0.236 e. The first kappa shape index (κ1) is 15.8. The van der Waals surface area contributed by atoms with Gasteiger partial charge in [0.1, 0.15) is 18.1 Å². The van der Waals surface area contributed by atoms with Gasteiger partial charge in [-0.2, -0.15) is 5.10 Å². The molecule has 1 atom stereocenters. The van der Waals surface area contributed by atoms with Gasteiger partial charge in [0.2, 0.25) is 10.0 Å². The predicted molar refractivity (Wildman–Crippen MR) is 86.0 cm³/mol. The Balaban J connectivity index is 1.52. The lowest BCUT2D eigenvalue weighted by Crippen LogP contribution is -2.21. The number of hydrogen-bond acceptors (Lipinski definition) is 5. The molecule has 8 heteroatoms. The number of anilines is 1. The lowest BCUT2D eigenvalue weighted by molar-refractivity contribution is 0.184. The number of sulfonamides is 1. The Morgan fingerprint density at radius 1 is 1.35 bits per heavy atom. The molecule has 3 rings (SSSR count). The van der Waals surface area contributed by atoms with Crippen LogP contribution in [0.4, 0.5) is 5.69 Å². The minimum Gasteiger partial charge on any atom is -0.492 e. The number of ether oxygens (including phenoxy) is 2. The molecule has 1 aromatic heterocycles. The molecule has 0 radical (unpaired) electrons. The quantitative estimate of drug-likeness (QED) is 0.831. The summed E-state index contributed by atoms with van der Waals surface area (Å²) in [5.74, 6) is 0.524. The van der Waals surface area contributed by atoms with E-state index >= 15 is 0 Å². The molecule has 1 fully saturated rings. The van der Waals surface area contributed by atoms with E-state index in [9.17, 15) is 8.42 Å². The Morgan fingerprint density at radius 3 is 2.91 bits per heavy atom. The summed E-state index contributed by atoms with van der Waals surface area (Å²) in [6.07, 6.45) is 4.08. The Morgan fingerprint density at radius 2 is 2.17 bits per heavy atom. The molecular weight excluding hydrogens is 318 g/mol. The molecule has 7 nitrogen and oxygen atoms in total. The van der Waals surface area contributed by atoms with Gasteiger partial charge in [-0.3, -0.25) is 9.40 Å². The fourth-order valence-corrected chi connectivity index (χ4v) is 3.21. The van der Waals surface area contributed by atoms with Crippen molar-refractivity contribution < 1.29 is 17.9 Å². The standard InChI is InChI=1S/C15H19N3O4S/c19-23(20,9-8-22-15-4-2-1-3-5-15)17-13-10-16-18(11-13)14-6-7-21-12-14/h1-5,10-11,14,17H,6-9,12H2. The summed E-state index contributed by atoms with van der Waals surface area (Å²) in [4.78, 5) is 0. The van der Waals surface area contributed by atoms with Gasteiger partial charge in [0.15, 0.2) is 0 Å². The molecule has 0 saturated carbocycles. The van der Waals surface area contributed by atoms with Crippen molar-refractivity contribution in [1.29, 1.82) is 0 Å². The second kappa shape index (κ2) is 7.01. The first-order chi connectivity index (χ1) is 11.1. The molecule has 0 aliphatic carbocycles. The lowest BCUT2D eigenvalue weighted by atomic mass is 10.3. The van der Waals surface area contributed by atoms with Crippen molar-refractivity contribution in [2.45, 2.75) is 12.5 Å². The van der Waals surface area contributed by atoms with E-state index in [1.807, 2.05) is 18.2 Å². The second-order valence-corrected chi connectivity index (χ2v) is 7.15. The van der Waals surface area contributed by atoms with Gasteiger partial charge in [-0.05, 0) is 18.6 Å². The van der Waals surface area contributed by atoms with Crippen LogP contribution in [0.25, 0.3) is 0 Å². The average molecular weight is 337 g/mol. The zero-order chi connectivity index (χ0) is 16.1. The Labute approximate surface area is 135 Å². The van der Waals surface area contributed by atoms with Crippen LogP contribution in [-0.2, 0) is 14.8 Å². The van der Waals surface area contributed by atoms with Crippen LogP contribution < -0.4 is 9.46 Å². The Hall–Kier alpha value is -2.06. The molecule has 23 heavy (non-hydrogen) atoms. The summed E-state index contributed by atoms with van der Waals surface area (Å²) in [5.41, 5.74) is 0.455. The monoisotopic (exact) mass is 337 g/mol. The molecule has 1 aliphatic heterocycles. The fourth-order valence-electron chi connectivity index (χ4n) is 2.34. The van der Waals surface area contributed by atoms with Crippen LogP contribution in [0, 0.1) is 0 Å². The molecule has 2 heterocycles. The number of para-hydroxylation sites is 1. The van der Waals surface area contributed by atoms with Crippen molar-refractivity contribution in [2.75, 3.05) is 30.3 Å². The number of aromatic nitrogens is 2. The van der Waals surface area contributed by atoms with Gasteiger partial charge in [-0.1, -0.05) is 18.2 Å². The van der Waals surface area contributed by atoms with Gasteiger partial charge in [0.05, 0.1) is 24.5 Å².